The minimum atomic E-state index is -4.10. The Morgan fingerprint density at radius 1 is 1.32 bits per heavy atom. The number of aromatic amines is 1. The molecule has 1 aromatic heterocycles. The van der Waals surface area contributed by atoms with Crippen molar-refractivity contribution in [3.8, 4) is 0 Å². The number of H-pyrrole nitrogens is 1. The highest BCUT2D eigenvalue weighted by molar-refractivity contribution is 7.89. The molecular formula is C18H21ClN4O7S. The van der Waals surface area contributed by atoms with Crippen molar-refractivity contribution >= 4 is 27.3 Å². The number of hydrogen-bond donors (Lipinski definition) is 1. The third kappa shape index (κ3) is 4.77. The summed E-state index contributed by atoms with van der Waals surface area (Å²) in [6.45, 7) is 4.11. The second-order valence-corrected chi connectivity index (χ2v) is 8.92. The van der Waals surface area contributed by atoms with E-state index in [0.29, 0.717) is 18.9 Å². The van der Waals surface area contributed by atoms with Crippen molar-refractivity contribution in [2.45, 2.75) is 38.0 Å². The van der Waals surface area contributed by atoms with Crippen molar-refractivity contribution in [1.29, 1.82) is 0 Å². The number of nitro groups is 1. The van der Waals surface area contributed by atoms with Crippen LogP contribution in [-0.2, 0) is 32.5 Å². The maximum atomic E-state index is 13.0. The molecule has 0 bridgehead atoms. The number of rotatable bonds is 8. The highest BCUT2D eigenvalue weighted by Crippen LogP contribution is 2.30. The number of nitro benzene ring substituents is 1. The van der Waals surface area contributed by atoms with Gasteiger partial charge in [0.1, 0.15) is 5.02 Å². The molecule has 0 fully saturated rings. The molecule has 0 spiro atoms. The summed E-state index contributed by atoms with van der Waals surface area (Å²) in [6, 6.07) is 3.26. The maximum absolute atomic E-state index is 13.0. The Labute approximate surface area is 183 Å². The third-order valence-electron chi connectivity index (χ3n) is 4.66. The molecule has 0 amide bonds. The summed E-state index contributed by atoms with van der Waals surface area (Å²) in [5, 5.41) is 10.9. The van der Waals surface area contributed by atoms with E-state index in [4.69, 9.17) is 21.1 Å². The van der Waals surface area contributed by atoms with Crippen LogP contribution in [0.5, 0.6) is 0 Å². The monoisotopic (exact) mass is 472 g/mol. The van der Waals surface area contributed by atoms with Gasteiger partial charge >= 0.3 is 0 Å². The van der Waals surface area contributed by atoms with Crippen LogP contribution in [0.4, 0.5) is 5.69 Å². The predicted molar refractivity (Wildman–Crippen MR) is 110 cm³/mol. The standard InChI is InChI=1S/C18H21ClN4O7S/c1-3-29-18(30-4-2)16-20-14-7-8-22(10-12(14)17(24)21-16)31(27,28)11-5-6-13(19)15(9-11)23(25)26/h5-6,9,18H,3-4,7-8,10H2,1-2H3,(H,20,21,24). The van der Waals surface area contributed by atoms with E-state index in [0.717, 1.165) is 16.4 Å². The Hall–Kier alpha value is -2.38. The van der Waals surface area contributed by atoms with Gasteiger partial charge in [-0.05, 0) is 26.0 Å². The van der Waals surface area contributed by atoms with Crippen LogP contribution in [0.25, 0.3) is 0 Å². The van der Waals surface area contributed by atoms with E-state index in [2.05, 4.69) is 9.97 Å². The van der Waals surface area contributed by atoms with Crippen LogP contribution in [0.15, 0.2) is 27.9 Å². The lowest BCUT2D eigenvalue weighted by Gasteiger charge is -2.27. The molecule has 0 aliphatic carbocycles. The van der Waals surface area contributed by atoms with Crippen molar-refractivity contribution in [1.82, 2.24) is 14.3 Å². The zero-order valence-electron chi connectivity index (χ0n) is 16.8. The first-order valence-corrected chi connectivity index (χ1v) is 11.3. The molecular weight excluding hydrogens is 452 g/mol. The SMILES string of the molecule is CCOC(OCC)c1nc2c(c(=O)[nH]1)CN(S(=O)(=O)c1ccc(Cl)c([N+](=O)[O-])c1)CC2. The van der Waals surface area contributed by atoms with Gasteiger partial charge in [-0.1, -0.05) is 11.6 Å². The summed E-state index contributed by atoms with van der Waals surface area (Å²) < 4.78 is 38.1. The quantitative estimate of drug-likeness (QED) is 0.349. The highest BCUT2D eigenvalue weighted by Gasteiger charge is 2.32. The Morgan fingerprint density at radius 2 is 2.00 bits per heavy atom. The number of ether oxygens (including phenoxy) is 2. The Balaban J connectivity index is 1.93. The second-order valence-electron chi connectivity index (χ2n) is 6.58. The van der Waals surface area contributed by atoms with E-state index in [1.807, 2.05) is 0 Å². The summed E-state index contributed by atoms with van der Waals surface area (Å²) >= 11 is 5.78. The van der Waals surface area contributed by atoms with E-state index in [1.54, 1.807) is 13.8 Å². The molecule has 1 aliphatic rings. The zero-order valence-corrected chi connectivity index (χ0v) is 18.4. The topological polar surface area (TPSA) is 145 Å². The number of aromatic nitrogens is 2. The van der Waals surface area contributed by atoms with Gasteiger partial charge in [0, 0.05) is 38.8 Å². The fourth-order valence-corrected chi connectivity index (χ4v) is 4.80. The van der Waals surface area contributed by atoms with Crippen LogP contribution in [0.3, 0.4) is 0 Å². The summed E-state index contributed by atoms with van der Waals surface area (Å²) in [6.07, 6.45) is -0.643. The van der Waals surface area contributed by atoms with E-state index in [9.17, 15) is 23.3 Å². The number of nitrogens with one attached hydrogen (secondary N) is 1. The molecule has 0 unspecified atom stereocenters. The molecule has 2 heterocycles. The minimum absolute atomic E-state index is 0.0512. The van der Waals surface area contributed by atoms with Gasteiger partial charge in [-0.15, -0.1) is 0 Å². The molecule has 0 saturated carbocycles. The van der Waals surface area contributed by atoms with E-state index >= 15 is 0 Å². The lowest BCUT2D eigenvalue weighted by Crippen LogP contribution is -2.40. The lowest BCUT2D eigenvalue weighted by atomic mass is 10.1. The summed E-state index contributed by atoms with van der Waals surface area (Å²) in [5.41, 5.74) is -0.348. The van der Waals surface area contributed by atoms with Gasteiger partial charge in [-0.3, -0.25) is 14.9 Å². The normalized spacial score (nSPS) is 14.6. The van der Waals surface area contributed by atoms with Crippen LogP contribution < -0.4 is 5.56 Å². The van der Waals surface area contributed by atoms with Gasteiger partial charge in [0.25, 0.3) is 11.2 Å². The van der Waals surface area contributed by atoms with Crippen LogP contribution in [0.2, 0.25) is 5.02 Å². The molecule has 1 N–H and O–H groups in total. The molecule has 0 atom stereocenters. The first kappa shape index (κ1) is 23.3. The second kappa shape index (κ2) is 9.40. The first-order chi connectivity index (χ1) is 14.7. The van der Waals surface area contributed by atoms with Gasteiger partial charge in [0.05, 0.1) is 21.1 Å². The van der Waals surface area contributed by atoms with Crippen molar-refractivity contribution in [2.75, 3.05) is 19.8 Å². The molecule has 1 aromatic carbocycles. The number of halogens is 1. The molecule has 168 valence electrons. The molecule has 3 rings (SSSR count). The third-order valence-corrected chi connectivity index (χ3v) is 6.82. The van der Waals surface area contributed by atoms with E-state index in [1.165, 1.54) is 6.07 Å². The van der Waals surface area contributed by atoms with Gasteiger partial charge in [0.15, 0.2) is 5.82 Å². The highest BCUT2D eigenvalue weighted by atomic mass is 35.5. The Bertz CT molecular complexity index is 1150. The van der Waals surface area contributed by atoms with Gasteiger partial charge in [-0.2, -0.15) is 4.31 Å². The lowest BCUT2D eigenvalue weighted by molar-refractivity contribution is -0.384. The number of hydrogen-bond acceptors (Lipinski definition) is 8. The average molecular weight is 473 g/mol. The minimum Gasteiger partial charge on any atom is -0.346 e. The van der Waals surface area contributed by atoms with Crippen LogP contribution in [0.1, 0.15) is 37.2 Å². The maximum Gasteiger partial charge on any atom is 0.289 e. The molecule has 2 aromatic rings. The smallest absolute Gasteiger partial charge is 0.289 e. The number of sulfonamides is 1. The average Bonchev–Trinajstić information content (AvgIpc) is 2.73. The van der Waals surface area contributed by atoms with Crippen LogP contribution in [-0.4, -0.2) is 47.4 Å². The number of fused-ring (bicyclic) bond motifs is 1. The number of benzene rings is 1. The molecule has 1 aliphatic heterocycles. The summed E-state index contributed by atoms with van der Waals surface area (Å²) in [4.78, 5) is 29.8. The van der Waals surface area contributed by atoms with Crippen molar-refractivity contribution in [3.05, 3.63) is 60.8 Å². The van der Waals surface area contributed by atoms with Gasteiger partial charge < -0.3 is 14.5 Å². The molecule has 0 saturated heterocycles. The van der Waals surface area contributed by atoms with E-state index < -0.39 is 32.5 Å². The van der Waals surface area contributed by atoms with Gasteiger partial charge in [-0.25, -0.2) is 13.4 Å². The molecule has 31 heavy (non-hydrogen) atoms. The predicted octanol–water partition coefficient (Wildman–Crippen LogP) is 2.15. The number of nitrogens with zero attached hydrogens (tertiary/aromatic N) is 3. The first-order valence-electron chi connectivity index (χ1n) is 9.48. The van der Waals surface area contributed by atoms with Crippen molar-refractivity contribution < 1.29 is 22.8 Å². The Morgan fingerprint density at radius 3 is 2.61 bits per heavy atom. The molecule has 11 nitrogen and oxygen atoms in total. The van der Waals surface area contributed by atoms with Gasteiger partial charge in [0.2, 0.25) is 16.3 Å². The summed E-state index contributed by atoms with van der Waals surface area (Å²) in [7, 11) is -4.10. The summed E-state index contributed by atoms with van der Waals surface area (Å²) in [5.74, 6) is 0.220. The van der Waals surface area contributed by atoms with E-state index in [-0.39, 0.29) is 40.8 Å². The fourth-order valence-electron chi connectivity index (χ4n) is 3.19. The molecule has 13 heteroatoms. The van der Waals surface area contributed by atoms with Crippen molar-refractivity contribution in [2.24, 2.45) is 0 Å². The Kier molecular flexibility index (Phi) is 7.06. The van der Waals surface area contributed by atoms with Crippen LogP contribution >= 0.6 is 11.6 Å². The zero-order chi connectivity index (χ0) is 22.8. The fraction of sp³-hybridized carbons (Fsp3) is 0.444. The molecule has 0 radical (unpaired) electrons. The van der Waals surface area contributed by atoms with Crippen molar-refractivity contribution in [3.63, 3.8) is 0 Å². The largest absolute Gasteiger partial charge is 0.346 e. The van der Waals surface area contributed by atoms with Crippen LogP contribution in [0, 0.1) is 10.1 Å².